The molecule has 4 nitrogen and oxygen atoms in total. The molecule has 0 saturated carbocycles. The maximum atomic E-state index is 6.36. The van der Waals surface area contributed by atoms with Crippen LogP contribution in [-0.4, -0.2) is 41.1 Å². The van der Waals surface area contributed by atoms with Crippen molar-refractivity contribution in [1.82, 2.24) is 14.9 Å². The largest absolute Gasteiger partial charge is 0.367 e. The van der Waals surface area contributed by atoms with E-state index in [2.05, 4.69) is 22.0 Å². The zero-order valence-electron chi connectivity index (χ0n) is 14.1. The molecule has 0 aromatic carbocycles. The average molecular weight is 313 g/mol. The third-order valence-corrected chi connectivity index (χ3v) is 5.59. The number of aryl methyl sites for hydroxylation is 1. The first-order chi connectivity index (χ1) is 11.3. The summed E-state index contributed by atoms with van der Waals surface area (Å²) in [6.07, 6.45) is 13.8. The minimum Gasteiger partial charge on any atom is -0.367 e. The van der Waals surface area contributed by atoms with Crippen LogP contribution in [0.15, 0.2) is 18.3 Å². The average Bonchev–Trinajstić information content (AvgIpc) is 2.57. The molecule has 23 heavy (non-hydrogen) atoms. The lowest BCUT2D eigenvalue weighted by Gasteiger charge is -2.45. The number of rotatable bonds is 2. The van der Waals surface area contributed by atoms with Gasteiger partial charge < -0.3 is 4.74 Å². The van der Waals surface area contributed by atoms with E-state index in [-0.39, 0.29) is 5.60 Å². The fourth-order valence-electron chi connectivity index (χ4n) is 4.46. The Hall–Kier alpha value is -1.26. The molecule has 1 aliphatic carbocycles. The molecule has 0 bridgehead atoms. The lowest BCUT2D eigenvalue weighted by Crippen LogP contribution is -2.51. The van der Waals surface area contributed by atoms with Crippen LogP contribution in [0.25, 0.3) is 0 Å². The smallest absolute Gasteiger partial charge is 0.125 e. The van der Waals surface area contributed by atoms with Crippen LogP contribution >= 0.6 is 0 Å². The zero-order valence-corrected chi connectivity index (χ0v) is 14.1. The molecule has 3 heterocycles. The van der Waals surface area contributed by atoms with Gasteiger partial charge in [0, 0.05) is 19.3 Å². The van der Waals surface area contributed by atoms with Crippen LogP contribution in [-0.2, 0) is 16.8 Å². The summed E-state index contributed by atoms with van der Waals surface area (Å²) < 4.78 is 6.36. The highest BCUT2D eigenvalue weighted by Crippen LogP contribution is 2.39. The quantitative estimate of drug-likeness (QED) is 0.787. The van der Waals surface area contributed by atoms with E-state index in [1.54, 1.807) is 0 Å². The molecule has 1 aromatic heterocycles. The van der Waals surface area contributed by atoms with Crippen molar-refractivity contribution in [3.05, 3.63) is 35.4 Å². The fraction of sp³-hybridized carbons (Fsp3) is 0.684. The van der Waals surface area contributed by atoms with E-state index < -0.39 is 0 Å². The van der Waals surface area contributed by atoms with E-state index in [9.17, 15) is 0 Å². The number of hydrogen-bond donors (Lipinski definition) is 0. The summed E-state index contributed by atoms with van der Waals surface area (Å²) in [6.45, 7) is 6.19. The fourth-order valence-corrected chi connectivity index (χ4v) is 4.46. The van der Waals surface area contributed by atoms with Gasteiger partial charge in [0.25, 0.3) is 0 Å². The monoisotopic (exact) mass is 313 g/mol. The van der Waals surface area contributed by atoms with Gasteiger partial charge in [0.1, 0.15) is 11.4 Å². The SMILES string of the molecule is Cc1ncc2c(n1)C1(CCCN(CC3CC=CCC3)C1)OCC2. The highest BCUT2D eigenvalue weighted by atomic mass is 16.5. The Morgan fingerprint density at radius 2 is 2.35 bits per heavy atom. The van der Waals surface area contributed by atoms with Crippen LogP contribution in [0.5, 0.6) is 0 Å². The van der Waals surface area contributed by atoms with Gasteiger partial charge in [0.15, 0.2) is 0 Å². The third-order valence-electron chi connectivity index (χ3n) is 5.59. The number of hydrogen-bond acceptors (Lipinski definition) is 4. The van der Waals surface area contributed by atoms with Crippen LogP contribution in [0.1, 0.15) is 49.2 Å². The Balaban J connectivity index is 1.55. The van der Waals surface area contributed by atoms with Crippen molar-refractivity contribution in [2.45, 2.75) is 51.0 Å². The van der Waals surface area contributed by atoms with E-state index in [4.69, 9.17) is 9.72 Å². The molecule has 3 aliphatic rings. The number of nitrogens with zero attached hydrogens (tertiary/aromatic N) is 3. The van der Waals surface area contributed by atoms with E-state index in [0.717, 1.165) is 37.7 Å². The summed E-state index contributed by atoms with van der Waals surface area (Å²) in [4.78, 5) is 11.8. The molecule has 2 atom stereocenters. The topological polar surface area (TPSA) is 38.2 Å². The van der Waals surface area contributed by atoms with Crippen molar-refractivity contribution < 1.29 is 4.74 Å². The van der Waals surface area contributed by atoms with E-state index >= 15 is 0 Å². The molecular weight excluding hydrogens is 286 g/mol. The second-order valence-electron chi connectivity index (χ2n) is 7.37. The van der Waals surface area contributed by atoms with Gasteiger partial charge in [-0.2, -0.15) is 0 Å². The number of ether oxygens (including phenoxy) is 1. The minimum atomic E-state index is -0.190. The van der Waals surface area contributed by atoms with Crippen molar-refractivity contribution in [1.29, 1.82) is 0 Å². The predicted octanol–water partition coefficient (Wildman–Crippen LogP) is 3.01. The molecule has 2 aliphatic heterocycles. The second kappa shape index (κ2) is 6.33. The van der Waals surface area contributed by atoms with Gasteiger partial charge in [-0.05, 0) is 63.5 Å². The van der Waals surface area contributed by atoms with Gasteiger partial charge in [-0.1, -0.05) is 12.2 Å². The molecule has 4 rings (SSSR count). The van der Waals surface area contributed by atoms with Gasteiger partial charge in [0.2, 0.25) is 0 Å². The van der Waals surface area contributed by atoms with Crippen molar-refractivity contribution in [3.63, 3.8) is 0 Å². The maximum Gasteiger partial charge on any atom is 0.125 e. The summed E-state index contributed by atoms with van der Waals surface area (Å²) in [5.74, 6) is 1.67. The predicted molar refractivity (Wildman–Crippen MR) is 90.3 cm³/mol. The van der Waals surface area contributed by atoms with Crippen LogP contribution in [0.2, 0.25) is 0 Å². The molecule has 124 valence electrons. The highest BCUT2D eigenvalue weighted by Gasteiger charge is 2.43. The van der Waals surface area contributed by atoms with Crippen molar-refractivity contribution in [2.24, 2.45) is 5.92 Å². The van der Waals surface area contributed by atoms with Crippen molar-refractivity contribution in [3.8, 4) is 0 Å². The molecule has 4 heteroatoms. The van der Waals surface area contributed by atoms with Gasteiger partial charge in [-0.15, -0.1) is 0 Å². The summed E-state index contributed by atoms with van der Waals surface area (Å²) in [6, 6.07) is 0. The van der Waals surface area contributed by atoms with E-state index in [1.807, 2.05) is 13.1 Å². The first-order valence-corrected chi connectivity index (χ1v) is 9.09. The molecular formula is C19H27N3O. The van der Waals surface area contributed by atoms with Crippen molar-refractivity contribution in [2.75, 3.05) is 26.2 Å². The van der Waals surface area contributed by atoms with Crippen LogP contribution < -0.4 is 0 Å². The standard InChI is InChI=1S/C19H27N3O/c1-15-20-12-17-8-11-23-19(18(17)21-15)9-5-10-22(14-19)13-16-6-3-2-4-7-16/h2-3,12,16H,4-11,13-14H2,1H3. The molecule has 0 radical (unpaired) electrons. The minimum absolute atomic E-state index is 0.190. The summed E-state index contributed by atoms with van der Waals surface area (Å²) in [5, 5.41) is 0. The number of likely N-dealkylation sites (tertiary alicyclic amines) is 1. The Bertz CT molecular complexity index is 600. The molecule has 0 amide bonds. The number of fused-ring (bicyclic) bond motifs is 2. The maximum absolute atomic E-state index is 6.36. The first kappa shape index (κ1) is 15.3. The highest BCUT2D eigenvalue weighted by molar-refractivity contribution is 5.28. The molecule has 1 spiro atoms. The van der Waals surface area contributed by atoms with Gasteiger partial charge in [-0.3, -0.25) is 4.90 Å². The number of allylic oxidation sites excluding steroid dienone is 2. The molecule has 1 fully saturated rings. The molecule has 0 N–H and O–H groups in total. The third kappa shape index (κ3) is 3.07. The van der Waals surface area contributed by atoms with Gasteiger partial charge in [0.05, 0.1) is 12.3 Å². The van der Waals surface area contributed by atoms with Gasteiger partial charge in [-0.25, -0.2) is 9.97 Å². The molecule has 2 unspecified atom stereocenters. The first-order valence-electron chi connectivity index (χ1n) is 9.09. The Labute approximate surface area is 139 Å². The lowest BCUT2D eigenvalue weighted by molar-refractivity contribution is -0.109. The van der Waals surface area contributed by atoms with Crippen LogP contribution in [0, 0.1) is 12.8 Å². The van der Waals surface area contributed by atoms with Crippen LogP contribution in [0.3, 0.4) is 0 Å². The molecule has 1 saturated heterocycles. The zero-order chi connectivity index (χ0) is 15.7. The Morgan fingerprint density at radius 3 is 3.22 bits per heavy atom. The Kier molecular flexibility index (Phi) is 4.20. The van der Waals surface area contributed by atoms with Gasteiger partial charge >= 0.3 is 0 Å². The summed E-state index contributed by atoms with van der Waals surface area (Å²) >= 11 is 0. The number of piperidine rings is 1. The van der Waals surface area contributed by atoms with Crippen molar-refractivity contribution >= 4 is 0 Å². The summed E-state index contributed by atoms with van der Waals surface area (Å²) in [7, 11) is 0. The second-order valence-corrected chi connectivity index (χ2v) is 7.37. The summed E-state index contributed by atoms with van der Waals surface area (Å²) in [5.41, 5.74) is 2.28. The van der Waals surface area contributed by atoms with Crippen LogP contribution in [0.4, 0.5) is 0 Å². The molecule has 1 aromatic rings. The number of aromatic nitrogens is 2. The van der Waals surface area contributed by atoms with E-state index in [0.29, 0.717) is 0 Å². The van der Waals surface area contributed by atoms with E-state index in [1.165, 1.54) is 50.0 Å². The normalized spacial score (nSPS) is 31.3. The lowest BCUT2D eigenvalue weighted by atomic mass is 9.83. The Morgan fingerprint density at radius 1 is 1.39 bits per heavy atom.